The minimum absolute atomic E-state index is 0.106. The number of hydrogen-bond acceptors (Lipinski definition) is 4. The minimum atomic E-state index is -4.46. The van der Waals surface area contributed by atoms with Gasteiger partial charge in [0.1, 0.15) is 6.04 Å². The lowest BCUT2D eigenvalue weighted by molar-refractivity contribution is -0.137. The van der Waals surface area contributed by atoms with Crippen molar-refractivity contribution in [2.45, 2.75) is 32.0 Å². The summed E-state index contributed by atoms with van der Waals surface area (Å²) in [6, 6.07) is 3.94. The molecule has 3 heterocycles. The fourth-order valence-corrected chi connectivity index (χ4v) is 3.43. The van der Waals surface area contributed by atoms with Crippen LogP contribution in [-0.2, 0) is 17.4 Å². The van der Waals surface area contributed by atoms with Crippen LogP contribution in [0.3, 0.4) is 0 Å². The van der Waals surface area contributed by atoms with E-state index in [9.17, 15) is 22.8 Å². The number of rotatable bonds is 2. The topological polar surface area (TPSA) is 95.3 Å². The Morgan fingerprint density at radius 1 is 1.30 bits per heavy atom. The van der Waals surface area contributed by atoms with Crippen LogP contribution < -0.4 is 11.3 Å². The van der Waals surface area contributed by atoms with Crippen LogP contribution in [0.25, 0.3) is 17.2 Å². The highest BCUT2D eigenvalue weighted by Crippen LogP contribution is 2.33. The molecular formula is C17H14F3N5O2. The molecule has 2 N–H and O–H groups in total. The second-order valence-electron chi connectivity index (χ2n) is 6.48. The summed E-state index contributed by atoms with van der Waals surface area (Å²) in [5.74, 6) is -0.294. The number of nitrogens with zero attached hydrogens (tertiary/aromatic N) is 4. The van der Waals surface area contributed by atoms with Gasteiger partial charge in [0.2, 0.25) is 11.7 Å². The molecule has 2 aromatic heterocycles. The average Bonchev–Trinajstić information content (AvgIpc) is 3.17. The van der Waals surface area contributed by atoms with Gasteiger partial charge in [-0.25, -0.2) is 0 Å². The molecule has 0 spiro atoms. The summed E-state index contributed by atoms with van der Waals surface area (Å²) in [5.41, 5.74) is 5.55. The van der Waals surface area contributed by atoms with Gasteiger partial charge in [-0.3, -0.25) is 9.59 Å². The van der Waals surface area contributed by atoms with Crippen LogP contribution in [0.4, 0.5) is 13.2 Å². The van der Waals surface area contributed by atoms with Gasteiger partial charge in [0.25, 0.3) is 5.56 Å². The highest BCUT2D eigenvalue weighted by atomic mass is 19.4. The third-order valence-corrected chi connectivity index (χ3v) is 4.72. The van der Waals surface area contributed by atoms with Crippen molar-refractivity contribution >= 4 is 11.7 Å². The molecule has 1 unspecified atom stereocenters. The van der Waals surface area contributed by atoms with Gasteiger partial charge < -0.3 is 10.3 Å². The first-order valence-corrected chi connectivity index (χ1v) is 8.15. The second-order valence-corrected chi connectivity index (χ2v) is 6.48. The summed E-state index contributed by atoms with van der Waals surface area (Å²) in [4.78, 5) is 28.4. The second kappa shape index (κ2) is 5.66. The van der Waals surface area contributed by atoms with E-state index in [4.69, 9.17) is 5.73 Å². The summed E-state index contributed by atoms with van der Waals surface area (Å²) < 4.78 is 41.2. The molecule has 7 nitrogen and oxygen atoms in total. The highest BCUT2D eigenvalue weighted by molar-refractivity contribution is 5.79. The van der Waals surface area contributed by atoms with E-state index >= 15 is 0 Å². The molecule has 1 aliphatic heterocycles. The summed E-state index contributed by atoms with van der Waals surface area (Å²) in [6.45, 7) is 1.51. The molecule has 27 heavy (non-hydrogen) atoms. The molecule has 0 aliphatic carbocycles. The maximum atomic E-state index is 12.9. The Morgan fingerprint density at radius 2 is 2.04 bits per heavy atom. The molecule has 1 aliphatic rings. The van der Waals surface area contributed by atoms with Crippen molar-refractivity contribution in [2.75, 3.05) is 0 Å². The van der Waals surface area contributed by atoms with Gasteiger partial charge in [0.05, 0.1) is 5.56 Å². The Morgan fingerprint density at radius 3 is 2.67 bits per heavy atom. The first-order valence-electron chi connectivity index (χ1n) is 8.15. The van der Waals surface area contributed by atoms with Crippen LogP contribution in [0.1, 0.15) is 29.3 Å². The van der Waals surface area contributed by atoms with Crippen LogP contribution in [0.15, 0.2) is 29.1 Å². The molecule has 0 fully saturated rings. The van der Waals surface area contributed by atoms with Crippen molar-refractivity contribution in [3.63, 3.8) is 0 Å². The Hall–Kier alpha value is -3.17. The minimum Gasteiger partial charge on any atom is -0.368 e. The largest absolute Gasteiger partial charge is 0.416 e. The molecule has 1 aromatic carbocycles. The van der Waals surface area contributed by atoms with Gasteiger partial charge in [0, 0.05) is 17.3 Å². The van der Waals surface area contributed by atoms with Crippen LogP contribution in [-0.4, -0.2) is 25.1 Å². The van der Waals surface area contributed by atoms with Crippen molar-refractivity contribution in [1.29, 1.82) is 0 Å². The molecule has 10 heteroatoms. The van der Waals surface area contributed by atoms with Crippen molar-refractivity contribution in [1.82, 2.24) is 19.2 Å². The van der Waals surface area contributed by atoms with Crippen LogP contribution >= 0.6 is 0 Å². The number of benzene rings is 1. The summed E-state index contributed by atoms with van der Waals surface area (Å²) in [6.07, 6.45) is -3.50. The molecule has 3 aromatic rings. The maximum Gasteiger partial charge on any atom is 0.416 e. The number of aryl methyl sites for hydroxylation is 2. The van der Waals surface area contributed by atoms with E-state index in [1.807, 2.05) is 0 Å². The smallest absolute Gasteiger partial charge is 0.368 e. The predicted molar refractivity (Wildman–Crippen MR) is 89.0 cm³/mol. The van der Waals surface area contributed by atoms with Crippen molar-refractivity contribution < 1.29 is 18.0 Å². The molecule has 4 rings (SSSR count). The van der Waals surface area contributed by atoms with Crippen molar-refractivity contribution in [2.24, 2.45) is 5.73 Å². The number of nitrogens with two attached hydrogens (primary N) is 1. The molecule has 0 saturated heterocycles. The number of alkyl halides is 3. The zero-order valence-electron chi connectivity index (χ0n) is 14.1. The number of primary amides is 1. The molecule has 1 atom stereocenters. The van der Waals surface area contributed by atoms with Gasteiger partial charge >= 0.3 is 6.18 Å². The highest BCUT2D eigenvalue weighted by Gasteiger charge is 2.32. The Balaban J connectivity index is 1.91. The number of carbonyl (C=O) groups is 1. The van der Waals surface area contributed by atoms with E-state index < -0.39 is 29.2 Å². The van der Waals surface area contributed by atoms with Gasteiger partial charge in [-0.15, -0.1) is 5.10 Å². The van der Waals surface area contributed by atoms with E-state index in [2.05, 4.69) is 10.1 Å². The summed E-state index contributed by atoms with van der Waals surface area (Å²) in [7, 11) is 0. The fourth-order valence-electron chi connectivity index (χ4n) is 3.43. The molecular weight excluding hydrogens is 363 g/mol. The Kier molecular flexibility index (Phi) is 3.62. The summed E-state index contributed by atoms with van der Waals surface area (Å²) >= 11 is 0. The van der Waals surface area contributed by atoms with E-state index in [1.54, 1.807) is 4.57 Å². The monoisotopic (exact) mass is 377 g/mol. The fraction of sp³-hybridized carbons (Fsp3) is 0.294. The molecule has 140 valence electrons. The Labute approximate surface area is 150 Å². The average molecular weight is 377 g/mol. The third kappa shape index (κ3) is 2.68. The lowest BCUT2D eigenvalue weighted by Gasteiger charge is -2.11. The zero-order valence-corrected chi connectivity index (χ0v) is 14.1. The maximum absolute atomic E-state index is 12.9. The molecule has 0 radical (unpaired) electrons. The van der Waals surface area contributed by atoms with Gasteiger partial charge in [-0.1, -0.05) is 6.07 Å². The quantitative estimate of drug-likeness (QED) is 0.737. The van der Waals surface area contributed by atoms with Gasteiger partial charge in [-0.2, -0.15) is 22.7 Å². The predicted octanol–water partition coefficient (Wildman–Crippen LogP) is 1.86. The van der Waals surface area contributed by atoms with Crippen LogP contribution in [0.5, 0.6) is 0 Å². The first kappa shape index (κ1) is 17.3. The van der Waals surface area contributed by atoms with Crippen molar-refractivity contribution in [3.05, 3.63) is 51.4 Å². The number of fused-ring (bicyclic) bond motifs is 3. The number of carbonyl (C=O) groups excluding carboxylic acids is 1. The third-order valence-electron chi connectivity index (χ3n) is 4.72. The molecule has 0 saturated carbocycles. The molecule has 1 amide bonds. The zero-order chi connectivity index (χ0) is 19.5. The van der Waals surface area contributed by atoms with Crippen molar-refractivity contribution in [3.8, 4) is 11.4 Å². The molecule has 0 bridgehead atoms. The number of aromatic nitrogens is 4. The lowest BCUT2D eigenvalue weighted by Crippen LogP contribution is -2.27. The van der Waals surface area contributed by atoms with Crippen LogP contribution in [0, 0.1) is 6.92 Å². The van der Waals surface area contributed by atoms with Gasteiger partial charge in [-0.05, 0) is 37.5 Å². The number of halogens is 3. The number of hydrogen-bond donors (Lipinski definition) is 1. The Bertz CT molecular complexity index is 1150. The van der Waals surface area contributed by atoms with Gasteiger partial charge in [0.15, 0.2) is 5.82 Å². The SMILES string of the molecule is Cc1cc(C(F)(F)F)ccc1-c1nc2n3c(cc(=O)n2n1)CCC3C(N)=O. The lowest BCUT2D eigenvalue weighted by atomic mass is 10.0. The first-order chi connectivity index (χ1) is 12.7. The van der Waals surface area contributed by atoms with E-state index in [0.717, 1.165) is 16.6 Å². The standard InChI is InChI=1S/C17H14F3N5O2/c1-8-6-9(17(18,19)20)2-4-11(8)15-22-16-24-10(3-5-12(24)14(21)27)7-13(26)25(16)23-15/h2,4,6-7,12H,3,5H2,1H3,(H2,21,27). The van der Waals surface area contributed by atoms with Crippen LogP contribution in [0.2, 0.25) is 0 Å². The van der Waals surface area contributed by atoms with E-state index in [-0.39, 0.29) is 11.6 Å². The van der Waals surface area contributed by atoms with E-state index in [0.29, 0.717) is 29.7 Å². The van der Waals surface area contributed by atoms with E-state index in [1.165, 1.54) is 19.1 Å². The normalized spacial score (nSPS) is 16.7. The number of amides is 1. The summed E-state index contributed by atoms with van der Waals surface area (Å²) in [5, 5.41) is 4.15.